The van der Waals surface area contributed by atoms with Crippen molar-refractivity contribution in [2.24, 2.45) is 0 Å². The molecule has 4 heteroatoms. The van der Waals surface area contributed by atoms with Crippen LogP contribution in [0.2, 0.25) is 0 Å². The minimum atomic E-state index is 0.338. The second-order valence-electron chi connectivity index (χ2n) is 5.15. The summed E-state index contributed by atoms with van der Waals surface area (Å²) in [4.78, 5) is 7.15. The molecule has 106 valence electrons. The number of aromatic nitrogens is 1. The topological polar surface area (TPSA) is 25.4 Å². The summed E-state index contributed by atoms with van der Waals surface area (Å²) in [5, 5.41) is 1.17. The van der Waals surface area contributed by atoms with Crippen LogP contribution in [0.5, 0.6) is 0 Å². The van der Waals surface area contributed by atoms with Gasteiger partial charge in [0.1, 0.15) is 5.82 Å². The molecule has 3 nitrogen and oxygen atoms in total. The van der Waals surface area contributed by atoms with E-state index in [0.29, 0.717) is 6.10 Å². The summed E-state index contributed by atoms with van der Waals surface area (Å²) in [5.74, 6) is 1.05. The number of pyridine rings is 1. The number of benzene rings is 1. The average Bonchev–Trinajstić information content (AvgIpc) is 2.48. The van der Waals surface area contributed by atoms with Gasteiger partial charge in [-0.3, -0.25) is 0 Å². The summed E-state index contributed by atoms with van der Waals surface area (Å²) in [6, 6.07) is 10.4. The highest BCUT2D eigenvalue weighted by molar-refractivity contribution is 9.10. The molecule has 0 bridgehead atoms. The maximum absolute atomic E-state index is 5.77. The minimum absolute atomic E-state index is 0.338. The zero-order valence-corrected chi connectivity index (χ0v) is 13.3. The smallest absolute Gasteiger partial charge is 0.129 e. The van der Waals surface area contributed by atoms with Crippen molar-refractivity contribution in [1.82, 2.24) is 4.98 Å². The van der Waals surface area contributed by atoms with E-state index < -0.39 is 0 Å². The fourth-order valence-electron chi connectivity index (χ4n) is 2.79. The van der Waals surface area contributed by atoms with Crippen molar-refractivity contribution in [3.05, 3.63) is 34.8 Å². The number of fused-ring (bicyclic) bond motifs is 1. The predicted molar refractivity (Wildman–Crippen MR) is 86.3 cm³/mol. The molecule has 20 heavy (non-hydrogen) atoms. The van der Waals surface area contributed by atoms with Crippen LogP contribution in [0.25, 0.3) is 10.9 Å². The van der Waals surface area contributed by atoms with E-state index in [4.69, 9.17) is 9.72 Å². The van der Waals surface area contributed by atoms with E-state index >= 15 is 0 Å². The highest BCUT2D eigenvalue weighted by atomic mass is 79.9. The number of para-hydroxylation sites is 1. The van der Waals surface area contributed by atoms with E-state index in [1.165, 1.54) is 11.8 Å². The zero-order valence-electron chi connectivity index (χ0n) is 11.7. The maximum Gasteiger partial charge on any atom is 0.129 e. The molecule has 1 aromatic carbocycles. The van der Waals surface area contributed by atoms with Crippen molar-refractivity contribution in [3.8, 4) is 0 Å². The Bertz CT molecular complexity index is 600. The first-order chi connectivity index (χ1) is 9.78. The van der Waals surface area contributed by atoms with Crippen LogP contribution in [-0.2, 0) is 4.74 Å². The van der Waals surface area contributed by atoms with Crippen LogP contribution in [0.3, 0.4) is 0 Å². The number of anilines is 1. The van der Waals surface area contributed by atoms with Gasteiger partial charge in [-0.2, -0.15) is 0 Å². The highest BCUT2D eigenvalue weighted by Crippen LogP contribution is 2.26. The molecule has 0 amide bonds. The van der Waals surface area contributed by atoms with Crippen molar-refractivity contribution in [2.45, 2.75) is 25.9 Å². The van der Waals surface area contributed by atoms with Gasteiger partial charge in [0.05, 0.1) is 11.6 Å². The first-order valence-corrected chi connectivity index (χ1v) is 7.99. The number of halogens is 1. The van der Waals surface area contributed by atoms with Crippen LogP contribution >= 0.6 is 15.9 Å². The predicted octanol–water partition coefficient (Wildman–Crippen LogP) is 4.00. The number of piperidine rings is 1. The third-order valence-electron chi connectivity index (χ3n) is 3.76. The lowest BCUT2D eigenvalue weighted by Gasteiger charge is -2.33. The molecule has 1 aromatic heterocycles. The molecule has 2 aromatic rings. The fraction of sp³-hybridized carbons (Fsp3) is 0.438. The molecule has 1 saturated heterocycles. The van der Waals surface area contributed by atoms with Crippen molar-refractivity contribution in [1.29, 1.82) is 0 Å². The van der Waals surface area contributed by atoms with Crippen LogP contribution in [0.4, 0.5) is 5.82 Å². The Kier molecular flexibility index (Phi) is 4.22. The van der Waals surface area contributed by atoms with Crippen LogP contribution in [0, 0.1) is 0 Å². The molecule has 0 saturated carbocycles. The third-order valence-corrected chi connectivity index (χ3v) is 4.40. The number of nitrogens with zero attached hydrogens (tertiary/aromatic N) is 2. The van der Waals surface area contributed by atoms with Crippen LogP contribution < -0.4 is 4.90 Å². The van der Waals surface area contributed by atoms with E-state index in [0.717, 1.165) is 41.9 Å². The Morgan fingerprint density at radius 3 is 3.10 bits per heavy atom. The van der Waals surface area contributed by atoms with Gasteiger partial charge < -0.3 is 9.64 Å². The van der Waals surface area contributed by atoms with Gasteiger partial charge >= 0.3 is 0 Å². The number of hydrogen-bond acceptors (Lipinski definition) is 3. The molecular formula is C16H19BrN2O. The SMILES string of the molecule is CCOC1CCCN(c2ccc3cccc(Br)c3n2)C1. The Morgan fingerprint density at radius 2 is 2.25 bits per heavy atom. The standard InChI is InChI=1S/C16H19BrN2O/c1-2-20-13-6-4-10-19(11-13)15-9-8-12-5-3-7-14(17)16(12)18-15/h3,5,7-9,13H,2,4,6,10-11H2,1H3. The van der Waals surface area contributed by atoms with Crippen LogP contribution in [-0.4, -0.2) is 30.8 Å². The zero-order chi connectivity index (χ0) is 13.9. The fourth-order valence-corrected chi connectivity index (χ4v) is 3.26. The minimum Gasteiger partial charge on any atom is -0.377 e. The molecule has 1 aliphatic rings. The third kappa shape index (κ3) is 2.81. The maximum atomic E-state index is 5.77. The monoisotopic (exact) mass is 334 g/mol. The van der Waals surface area contributed by atoms with Crippen molar-refractivity contribution in [3.63, 3.8) is 0 Å². The Hall–Kier alpha value is -1.13. The van der Waals surface area contributed by atoms with Crippen LogP contribution in [0.15, 0.2) is 34.8 Å². The van der Waals surface area contributed by atoms with E-state index in [-0.39, 0.29) is 0 Å². The Morgan fingerprint density at radius 1 is 1.35 bits per heavy atom. The Balaban J connectivity index is 1.88. The lowest BCUT2D eigenvalue weighted by Crippen LogP contribution is -2.40. The molecule has 3 rings (SSSR count). The Labute approximate surface area is 128 Å². The van der Waals surface area contributed by atoms with E-state index in [2.05, 4.69) is 46.0 Å². The van der Waals surface area contributed by atoms with Gasteiger partial charge in [0.2, 0.25) is 0 Å². The van der Waals surface area contributed by atoms with Crippen molar-refractivity contribution in [2.75, 3.05) is 24.6 Å². The van der Waals surface area contributed by atoms with Gasteiger partial charge in [0, 0.05) is 29.6 Å². The molecule has 2 heterocycles. The lowest BCUT2D eigenvalue weighted by atomic mass is 10.1. The molecule has 0 radical (unpaired) electrons. The van der Waals surface area contributed by atoms with Gasteiger partial charge in [0.25, 0.3) is 0 Å². The van der Waals surface area contributed by atoms with Gasteiger partial charge in [-0.15, -0.1) is 0 Å². The largest absolute Gasteiger partial charge is 0.377 e. The molecular weight excluding hydrogens is 316 g/mol. The number of rotatable bonds is 3. The summed E-state index contributed by atoms with van der Waals surface area (Å²) in [6.45, 7) is 4.85. The molecule has 1 aliphatic heterocycles. The van der Waals surface area contributed by atoms with Gasteiger partial charge in [-0.25, -0.2) is 4.98 Å². The highest BCUT2D eigenvalue weighted by Gasteiger charge is 2.21. The molecule has 1 fully saturated rings. The average molecular weight is 335 g/mol. The number of ether oxygens (including phenoxy) is 1. The molecule has 0 aliphatic carbocycles. The summed E-state index contributed by atoms with van der Waals surface area (Å²) in [7, 11) is 0. The normalized spacial score (nSPS) is 19.5. The second kappa shape index (κ2) is 6.10. The molecule has 0 N–H and O–H groups in total. The molecule has 0 spiro atoms. The molecule has 1 atom stereocenters. The van der Waals surface area contributed by atoms with E-state index in [9.17, 15) is 0 Å². The van der Waals surface area contributed by atoms with Gasteiger partial charge in [-0.05, 0) is 53.9 Å². The van der Waals surface area contributed by atoms with Gasteiger partial charge in [-0.1, -0.05) is 12.1 Å². The van der Waals surface area contributed by atoms with Crippen LogP contribution in [0.1, 0.15) is 19.8 Å². The summed E-state index contributed by atoms with van der Waals surface area (Å²) in [5.41, 5.74) is 1.03. The molecule has 1 unspecified atom stereocenters. The van der Waals surface area contributed by atoms with E-state index in [1.807, 2.05) is 12.1 Å². The second-order valence-corrected chi connectivity index (χ2v) is 6.00. The lowest BCUT2D eigenvalue weighted by molar-refractivity contribution is 0.0525. The quantitative estimate of drug-likeness (QED) is 0.848. The first kappa shape index (κ1) is 13.8. The number of hydrogen-bond donors (Lipinski definition) is 0. The van der Waals surface area contributed by atoms with Gasteiger partial charge in [0.15, 0.2) is 0 Å². The summed E-state index contributed by atoms with van der Waals surface area (Å²) in [6.07, 6.45) is 2.66. The summed E-state index contributed by atoms with van der Waals surface area (Å²) < 4.78 is 6.82. The van der Waals surface area contributed by atoms with Crippen molar-refractivity contribution >= 4 is 32.7 Å². The van der Waals surface area contributed by atoms with Crippen molar-refractivity contribution < 1.29 is 4.74 Å². The first-order valence-electron chi connectivity index (χ1n) is 7.19. The van der Waals surface area contributed by atoms with E-state index in [1.54, 1.807) is 0 Å². The summed E-state index contributed by atoms with van der Waals surface area (Å²) >= 11 is 3.59.